The summed E-state index contributed by atoms with van der Waals surface area (Å²) in [6.45, 7) is 11.7. The average Bonchev–Trinajstić information content (AvgIpc) is 3.97. The van der Waals surface area contributed by atoms with Crippen LogP contribution >= 0.6 is 11.3 Å². The van der Waals surface area contributed by atoms with Crippen LogP contribution in [0.15, 0.2) is 115 Å². The van der Waals surface area contributed by atoms with Gasteiger partial charge in [0, 0.05) is 32.6 Å². The van der Waals surface area contributed by atoms with Gasteiger partial charge >= 0.3 is 0 Å². The molecule has 1 saturated heterocycles. The fourth-order valence-corrected chi connectivity index (χ4v) is 8.94. The Balaban J connectivity index is 0.823. The minimum atomic E-state index is -0.899. The number of hydrogen-bond acceptors (Lipinski definition) is 11. The molecule has 0 bridgehead atoms. The summed E-state index contributed by atoms with van der Waals surface area (Å²) in [6.07, 6.45) is 0.171. The lowest BCUT2D eigenvalue weighted by Gasteiger charge is -2.30. The van der Waals surface area contributed by atoms with Crippen molar-refractivity contribution < 1.29 is 38.4 Å². The fraction of sp³-hybridized carbons (Fsp3) is 0.407. The molecular formula is C54H67N5O8S. The van der Waals surface area contributed by atoms with E-state index in [4.69, 9.17) is 18.9 Å². The van der Waals surface area contributed by atoms with Gasteiger partial charge in [0.25, 0.3) is 0 Å². The van der Waals surface area contributed by atoms with Crippen LogP contribution < -0.4 is 15.4 Å². The Morgan fingerprint density at radius 2 is 1.43 bits per heavy atom. The van der Waals surface area contributed by atoms with E-state index in [0.717, 1.165) is 52.5 Å². The Labute approximate surface area is 405 Å². The number of aromatic nitrogens is 1. The van der Waals surface area contributed by atoms with Gasteiger partial charge in [-0.2, -0.15) is 0 Å². The van der Waals surface area contributed by atoms with Crippen molar-refractivity contribution in [1.82, 2.24) is 25.4 Å². The van der Waals surface area contributed by atoms with E-state index >= 15 is 0 Å². The normalized spacial score (nSPS) is 15.6. The van der Waals surface area contributed by atoms with Crippen LogP contribution in [0.1, 0.15) is 61.6 Å². The van der Waals surface area contributed by atoms with E-state index in [1.807, 2.05) is 81.9 Å². The molecule has 3 amide bonds. The molecule has 3 N–H and O–H groups in total. The molecule has 0 spiro atoms. The highest BCUT2D eigenvalue weighted by Gasteiger charge is 2.42. The molecule has 1 aliphatic rings. The lowest BCUT2D eigenvalue weighted by atomic mass is 9.88. The number of aliphatic hydroxyl groups excluding tert-OH is 1. The van der Waals surface area contributed by atoms with Crippen LogP contribution in [0.5, 0.6) is 5.75 Å². The first kappa shape index (κ1) is 51.6. The first-order valence-electron chi connectivity index (χ1n) is 23.6. The SMILES string of the molecule is CC/C(=C(\c1ccccc1)c1ccc(OCCN(C)CCOCCOCCOCC(=O)NC(C(=O)N2C[C@H](O)C[C@H]2C(=O)NCc2ccc(-c3scnc3C)cc2)C(C)C)cc1)c1ccccc1. The van der Waals surface area contributed by atoms with Gasteiger partial charge in [-0.05, 0) is 77.4 Å². The number of aliphatic hydroxyl groups is 1. The van der Waals surface area contributed by atoms with E-state index in [1.165, 1.54) is 27.2 Å². The molecule has 1 aromatic heterocycles. The van der Waals surface area contributed by atoms with Gasteiger partial charge in [-0.3, -0.25) is 14.4 Å². The number of allylic oxidation sites excluding steroid dienone is 1. The molecule has 68 heavy (non-hydrogen) atoms. The van der Waals surface area contributed by atoms with E-state index in [0.29, 0.717) is 26.4 Å². The molecular weight excluding hydrogens is 879 g/mol. The molecule has 3 atom stereocenters. The number of likely N-dealkylation sites (tertiary alicyclic amines) is 1. The van der Waals surface area contributed by atoms with Crippen LogP contribution in [0.4, 0.5) is 0 Å². The molecule has 2 heterocycles. The maximum absolute atomic E-state index is 13.7. The molecule has 5 aromatic rings. The monoisotopic (exact) mass is 945 g/mol. The highest BCUT2D eigenvalue weighted by Crippen LogP contribution is 2.35. The van der Waals surface area contributed by atoms with Gasteiger partial charge < -0.3 is 44.5 Å². The number of hydrogen-bond donors (Lipinski definition) is 3. The third-order valence-corrected chi connectivity index (χ3v) is 12.8. The topological polar surface area (TPSA) is 152 Å². The standard InChI is InChI=1S/C54H67N5O8S/c1-6-47(41-13-9-7-10-14-41)50(42-15-11-8-12-16-42)43-21-23-46(24-22-43)67-28-26-58(5)25-27-64-29-30-65-31-32-66-36-49(61)57-51(38(2)3)54(63)59-35-45(60)33-48(59)53(62)55-34-40-17-19-44(20-18-40)52-39(4)56-37-68-52/h7-24,37-38,45,48,51,60H,6,25-36H2,1-5H3,(H,55,62)(H,57,61)/b50-47-/t45-,48+,51?/m1/s1. The van der Waals surface area contributed by atoms with Crippen molar-refractivity contribution >= 4 is 40.2 Å². The van der Waals surface area contributed by atoms with Gasteiger partial charge in [0.2, 0.25) is 17.7 Å². The van der Waals surface area contributed by atoms with E-state index in [1.54, 1.807) is 11.3 Å². The second-order valence-electron chi connectivity index (χ2n) is 17.3. The highest BCUT2D eigenvalue weighted by molar-refractivity contribution is 7.13. The number of aryl methyl sites for hydroxylation is 1. The summed E-state index contributed by atoms with van der Waals surface area (Å²) < 4.78 is 23.0. The Kier molecular flexibility index (Phi) is 20.3. The summed E-state index contributed by atoms with van der Waals surface area (Å²) in [5.41, 5.74) is 10.8. The number of likely N-dealkylation sites (N-methyl/N-ethyl adjacent to an activating group) is 1. The van der Waals surface area contributed by atoms with Crippen LogP contribution in [0.3, 0.4) is 0 Å². The molecule has 14 heteroatoms. The number of carbonyl (C=O) groups is 3. The zero-order chi connectivity index (χ0) is 48.3. The number of ether oxygens (including phenoxy) is 4. The smallest absolute Gasteiger partial charge is 0.246 e. The van der Waals surface area contributed by atoms with Crippen molar-refractivity contribution in [2.75, 3.05) is 72.9 Å². The van der Waals surface area contributed by atoms with Crippen LogP contribution in [-0.4, -0.2) is 129 Å². The third kappa shape index (κ3) is 15.1. The number of nitrogens with one attached hydrogen (secondary N) is 2. The summed E-state index contributed by atoms with van der Waals surface area (Å²) in [5.74, 6) is -0.684. The van der Waals surface area contributed by atoms with Gasteiger partial charge in [0.05, 0.1) is 55.2 Å². The summed E-state index contributed by atoms with van der Waals surface area (Å²) in [5, 5.41) is 16.2. The summed E-state index contributed by atoms with van der Waals surface area (Å²) in [6, 6.07) is 35.6. The minimum Gasteiger partial charge on any atom is -0.492 e. The molecule has 1 fully saturated rings. The molecule has 1 unspecified atom stereocenters. The van der Waals surface area contributed by atoms with Gasteiger partial charge in [-0.1, -0.05) is 118 Å². The molecule has 0 radical (unpaired) electrons. The van der Waals surface area contributed by atoms with Crippen LogP contribution in [0.25, 0.3) is 21.6 Å². The second-order valence-corrected chi connectivity index (χ2v) is 18.1. The van der Waals surface area contributed by atoms with Gasteiger partial charge in [-0.25, -0.2) is 4.98 Å². The number of carbonyl (C=O) groups excluding carboxylic acids is 3. The Hall–Kier alpha value is -5.74. The van der Waals surface area contributed by atoms with Gasteiger partial charge in [-0.15, -0.1) is 11.3 Å². The third-order valence-electron chi connectivity index (χ3n) is 11.9. The number of nitrogens with zero attached hydrogens (tertiary/aromatic N) is 3. The van der Waals surface area contributed by atoms with Crippen molar-refractivity contribution in [3.63, 3.8) is 0 Å². The molecule has 1 aliphatic heterocycles. The van der Waals surface area contributed by atoms with E-state index in [2.05, 4.69) is 88.1 Å². The van der Waals surface area contributed by atoms with Gasteiger partial charge in [0.15, 0.2) is 0 Å². The molecule has 0 aliphatic carbocycles. The van der Waals surface area contributed by atoms with E-state index in [-0.39, 0.29) is 51.2 Å². The quantitative estimate of drug-likeness (QED) is 0.0382. The maximum atomic E-state index is 13.7. The van der Waals surface area contributed by atoms with Crippen molar-refractivity contribution in [2.45, 2.75) is 65.3 Å². The predicted molar refractivity (Wildman–Crippen MR) is 268 cm³/mol. The van der Waals surface area contributed by atoms with Crippen molar-refractivity contribution in [3.8, 4) is 16.2 Å². The predicted octanol–water partition coefficient (Wildman–Crippen LogP) is 7.27. The zero-order valence-corrected chi connectivity index (χ0v) is 40.8. The molecule has 4 aromatic carbocycles. The van der Waals surface area contributed by atoms with Crippen molar-refractivity contribution in [3.05, 3.63) is 143 Å². The first-order valence-corrected chi connectivity index (χ1v) is 24.4. The lowest BCUT2D eigenvalue weighted by molar-refractivity contribution is -0.143. The maximum Gasteiger partial charge on any atom is 0.246 e. The summed E-state index contributed by atoms with van der Waals surface area (Å²) in [7, 11) is 2.03. The van der Waals surface area contributed by atoms with E-state index < -0.39 is 30.0 Å². The number of β-amino-alcohol motifs (C(OH)–C–C–N with tert-alkyl or cyclic N) is 1. The number of benzene rings is 4. The zero-order valence-electron chi connectivity index (χ0n) is 40.0. The lowest BCUT2D eigenvalue weighted by Crippen LogP contribution is -2.55. The Morgan fingerprint density at radius 1 is 0.809 bits per heavy atom. The molecule has 362 valence electrons. The summed E-state index contributed by atoms with van der Waals surface area (Å²) in [4.78, 5) is 48.9. The van der Waals surface area contributed by atoms with Gasteiger partial charge in [0.1, 0.15) is 31.0 Å². The minimum absolute atomic E-state index is 0.00348. The van der Waals surface area contributed by atoms with Crippen LogP contribution in [0.2, 0.25) is 0 Å². The van der Waals surface area contributed by atoms with Crippen molar-refractivity contribution in [2.24, 2.45) is 5.92 Å². The van der Waals surface area contributed by atoms with E-state index in [9.17, 15) is 19.5 Å². The largest absolute Gasteiger partial charge is 0.492 e. The number of rotatable bonds is 26. The Bertz CT molecular complexity index is 2360. The molecule has 13 nitrogen and oxygen atoms in total. The number of amides is 3. The highest BCUT2D eigenvalue weighted by atomic mass is 32.1. The molecule has 6 rings (SSSR count). The Morgan fingerprint density at radius 3 is 2.06 bits per heavy atom. The fourth-order valence-electron chi connectivity index (χ4n) is 8.13. The van der Waals surface area contributed by atoms with Crippen LogP contribution in [0, 0.1) is 12.8 Å². The first-order chi connectivity index (χ1) is 33.0. The number of thiazole rings is 1. The summed E-state index contributed by atoms with van der Waals surface area (Å²) >= 11 is 1.58. The molecule has 0 saturated carbocycles. The second kappa shape index (κ2) is 26.7. The van der Waals surface area contributed by atoms with Crippen molar-refractivity contribution in [1.29, 1.82) is 0 Å². The average molecular weight is 946 g/mol. The van der Waals surface area contributed by atoms with Crippen LogP contribution in [-0.2, 0) is 35.1 Å².